The van der Waals surface area contributed by atoms with Gasteiger partial charge in [0, 0.05) is 11.3 Å². The average molecular weight is 258 g/mol. The minimum atomic E-state index is 0.367. The van der Waals surface area contributed by atoms with Gasteiger partial charge < -0.3 is 0 Å². The van der Waals surface area contributed by atoms with Gasteiger partial charge in [0.05, 0.1) is 0 Å². The van der Waals surface area contributed by atoms with Crippen LogP contribution in [0.4, 0.5) is 0 Å². The van der Waals surface area contributed by atoms with Gasteiger partial charge in [-0.25, -0.2) is 4.99 Å². The highest BCUT2D eigenvalue weighted by Crippen LogP contribution is 2.10. The molecule has 0 atom stereocenters. The van der Waals surface area contributed by atoms with Crippen LogP contribution in [0.25, 0.3) is 0 Å². The van der Waals surface area contributed by atoms with Crippen LogP contribution in [-0.2, 0) is 6.42 Å². The fourth-order valence-electron chi connectivity index (χ4n) is 1.78. The highest BCUT2D eigenvalue weighted by Gasteiger charge is 2.03. The second kappa shape index (κ2) is 7.88. The predicted octanol–water partition coefficient (Wildman–Crippen LogP) is 4.86. The molecule has 19 heavy (non-hydrogen) atoms. The normalized spacial score (nSPS) is 11.9. The molecule has 0 fully saturated rings. The zero-order valence-corrected chi connectivity index (χ0v) is 12.7. The maximum absolute atomic E-state index is 8.00. The third kappa shape index (κ3) is 5.37. The van der Waals surface area contributed by atoms with E-state index in [1.54, 1.807) is 0 Å². The molecule has 2 heteroatoms. The van der Waals surface area contributed by atoms with Crippen LogP contribution in [0.3, 0.4) is 0 Å². The Balaban J connectivity index is 2.65. The molecule has 0 saturated carbocycles. The summed E-state index contributed by atoms with van der Waals surface area (Å²) in [4.78, 5) is 4.35. The van der Waals surface area contributed by atoms with E-state index in [-0.39, 0.29) is 0 Å². The molecule has 0 radical (unpaired) electrons. The summed E-state index contributed by atoms with van der Waals surface area (Å²) >= 11 is 0. The van der Waals surface area contributed by atoms with Crippen molar-refractivity contribution in [1.29, 1.82) is 5.41 Å². The van der Waals surface area contributed by atoms with Gasteiger partial charge in [0.25, 0.3) is 0 Å². The lowest BCUT2D eigenvalue weighted by molar-refractivity contribution is 0.717. The topological polar surface area (TPSA) is 36.2 Å². The number of rotatable bonds is 6. The zero-order chi connectivity index (χ0) is 14.3. The molecule has 1 aromatic rings. The maximum atomic E-state index is 8.00. The van der Waals surface area contributed by atoms with E-state index < -0.39 is 0 Å². The fourth-order valence-corrected chi connectivity index (χ4v) is 1.78. The summed E-state index contributed by atoms with van der Waals surface area (Å²) < 4.78 is 0. The van der Waals surface area contributed by atoms with E-state index in [0.29, 0.717) is 11.8 Å². The van der Waals surface area contributed by atoms with Crippen LogP contribution in [0.5, 0.6) is 0 Å². The van der Waals surface area contributed by atoms with Gasteiger partial charge in [-0.15, -0.1) is 0 Å². The summed E-state index contributed by atoms with van der Waals surface area (Å²) in [7, 11) is 0. The summed E-state index contributed by atoms with van der Waals surface area (Å²) in [6, 6.07) is 8.28. The Kier molecular flexibility index (Phi) is 6.48. The van der Waals surface area contributed by atoms with Crippen molar-refractivity contribution in [2.45, 2.75) is 53.4 Å². The van der Waals surface area contributed by atoms with Gasteiger partial charge in [-0.3, -0.25) is 5.41 Å². The minimum absolute atomic E-state index is 0.367. The number of aliphatic imine (C=N–C) groups is 1. The molecule has 1 N–H and O–H groups in total. The summed E-state index contributed by atoms with van der Waals surface area (Å²) in [5, 5.41) is 8.00. The summed E-state index contributed by atoms with van der Waals surface area (Å²) in [6.45, 7) is 8.41. The molecule has 1 rings (SSSR count). The molecule has 0 bridgehead atoms. The number of amidine groups is 1. The van der Waals surface area contributed by atoms with E-state index in [1.807, 2.05) is 19.1 Å². The van der Waals surface area contributed by atoms with Crippen LogP contribution >= 0.6 is 0 Å². The predicted molar refractivity (Wildman–Crippen MR) is 84.4 cm³/mol. The number of unbranched alkanes of at least 4 members (excludes halogenated alkanes) is 2. The molecule has 0 spiro atoms. The van der Waals surface area contributed by atoms with Crippen molar-refractivity contribution < 1.29 is 0 Å². The summed E-state index contributed by atoms with van der Waals surface area (Å²) in [5.41, 5.74) is 3.27. The Morgan fingerprint density at radius 1 is 1.16 bits per heavy atom. The Morgan fingerprint density at radius 2 is 1.79 bits per heavy atom. The first kappa shape index (κ1) is 15.6. The van der Waals surface area contributed by atoms with Crippen molar-refractivity contribution in [2.75, 3.05) is 0 Å². The summed E-state index contributed by atoms with van der Waals surface area (Å²) in [5.74, 6) is 0.764. The summed E-state index contributed by atoms with van der Waals surface area (Å²) in [6.07, 6.45) is 4.93. The number of aryl methyl sites for hydroxylation is 1. The van der Waals surface area contributed by atoms with Crippen molar-refractivity contribution in [1.82, 2.24) is 0 Å². The highest BCUT2D eigenvalue weighted by atomic mass is 14.8. The lowest BCUT2D eigenvalue weighted by Crippen LogP contribution is -2.06. The Bertz CT molecular complexity index is 427. The Labute approximate surface area is 117 Å². The smallest absolute Gasteiger partial charge is 0.151 e. The minimum Gasteiger partial charge on any atom is -0.282 e. The number of nitrogens with one attached hydrogen (secondary N) is 1. The molecule has 0 aliphatic carbocycles. The third-order valence-corrected chi connectivity index (χ3v) is 3.42. The Hall–Kier alpha value is -1.44. The largest absolute Gasteiger partial charge is 0.282 e. The molecular formula is C17H26N2. The standard InChI is InChI=1S/C17H26N2/c1-5-6-7-8-15-9-11-16(12-10-15)17(18)19-14(4)13(2)3/h9-13,18H,5-8H2,1-4H3. The molecule has 0 aliphatic heterocycles. The SMILES string of the molecule is CCCCCc1ccc(C(=N)N=C(C)C(C)C)cc1. The molecule has 0 heterocycles. The molecule has 0 aliphatic rings. The van der Waals surface area contributed by atoms with Crippen LogP contribution in [0, 0.1) is 11.3 Å². The lowest BCUT2D eigenvalue weighted by Gasteiger charge is -2.06. The molecular weight excluding hydrogens is 232 g/mol. The van der Waals surface area contributed by atoms with Crippen LogP contribution in [0.1, 0.15) is 58.1 Å². The first-order valence-corrected chi connectivity index (χ1v) is 7.27. The highest BCUT2D eigenvalue weighted by molar-refractivity contribution is 6.05. The quantitative estimate of drug-likeness (QED) is 0.430. The lowest BCUT2D eigenvalue weighted by atomic mass is 10.0. The average Bonchev–Trinajstić information content (AvgIpc) is 2.39. The van der Waals surface area contributed by atoms with E-state index in [9.17, 15) is 0 Å². The number of hydrogen-bond donors (Lipinski definition) is 1. The van der Waals surface area contributed by atoms with Gasteiger partial charge in [0.2, 0.25) is 0 Å². The molecule has 1 aromatic carbocycles. The van der Waals surface area contributed by atoms with Gasteiger partial charge in [-0.2, -0.15) is 0 Å². The number of benzene rings is 1. The van der Waals surface area contributed by atoms with E-state index >= 15 is 0 Å². The second-order valence-electron chi connectivity index (χ2n) is 5.41. The van der Waals surface area contributed by atoms with Crippen molar-refractivity contribution in [3.63, 3.8) is 0 Å². The fraction of sp³-hybridized carbons (Fsp3) is 0.529. The van der Waals surface area contributed by atoms with Crippen LogP contribution in [-0.4, -0.2) is 11.5 Å². The van der Waals surface area contributed by atoms with Gasteiger partial charge in [-0.05, 0) is 31.2 Å². The first-order valence-electron chi connectivity index (χ1n) is 7.27. The van der Waals surface area contributed by atoms with Gasteiger partial charge in [0.15, 0.2) is 5.84 Å². The van der Waals surface area contributed by atoms with Crippen LogP contribution in [0.2, 0.25) is 0 Å². The second-order valence-corrected chi connectivity index (χ2v) is 5.41. The molecule has 0 aromatic heterocycles. The third-order valence-electron chi connectivity index (χ3n) is 3.42. The van der Waals surface area contributed by atoms with Crippen LogP contribution in [0.15, 0.2) is 29.3 Å². The van der Waals surface area contributed by atoms with E-state index in [4.69, 9.17) is 5.41 Å². The molecule has 0 amide bonds. The maximum Gasteiger partial charge on any atom is 0.151 e. The Morgan fingerprint density at radius 3 is 2.32 bits per heavy atom. The van der Waals surface area contributed by atoms with Crippen LogP contribution < -0.4 is 0 Å². The van der Waals surface area contributed by atoms with Gasteiger partial charge >= 0.3 is 0 Å². The van der Waals surface area contributed by atoms with Gasteiger partial charge in [-0.1, -0.05) is 57.9 Å². The monoisotopic (exact) mass is 258 g/mol. The molecule has 0 unspecified atom stereocenters. The van der Waals surface area contributed by atoms with E-state index in [2.05, 4.69) is 37.9 Å². The van der Waals surface area contributed by atoms with Crippen molar-refractivity contribution in [2.24, 2.45) is 10.9 Å². The van der Waals surface area contributed by atoms with Crippen molar-refractivity contribution in [3.8, 4) is 0 Å². The molecule has 2 nitrogen and oxygen atoms in total. The van der Waals surface area contributed by atoms with E-state index in [0.717, 1.165) is 17.7 Å². The van der Waals surface area contributed by atoms with Gasteiger partial charge in [0.1, 0.15) is 0 Å². The van der Waals surface area contributed by atoms with E-state index in [1.165, 1.54) is 24.8 Å². The van der Waals surface area contributed by atoms with Crippen molar-refractivity contribution in [3.05, 3.63) is 35.4 Å². The number of hydrogen-bond acceptors (Lipinski definition) is 1. The molecule has 104 valence electrons. The van der Waals surface area contributed by atoms with Crippen molar-refractivity contribution >= 4 is 11.5 Å². The molecule has 0 saturated heterocycles. The first-order chi connectivity index (χ1) is 9.04. The zero-order valence-electron chi connectivity index (χ0n) is 12.7. The number of nitrogens with zero attached hydrogens (tertiary/aromatic N) is 1.